The van der Waals surface area contributed by atoms with Gasteiger partial charge in [0.15, 0.2) is 0 Å². The molecule has 0 radical (unpaired) electrons. The molecule has 3 rings (SSSR count). The van der Waals surface area contributed by atoms with Crippen LogP contribution in [0.1, 0.15) is 23.0 Å². The Morgan fingerprint density at radius 3 is 2.24 bits per heavy atom. The molecular formula is C17H22N4O3S. The molecular weight excluding hydrogens is 340 g/mol. The summed E-state index contributed by atoms with van der Waals surface area (Å²) in [5.74, 6) is 0.0206. The molecule has 0 saturated carbocycles. The molecule has 1 amide bonds. The predicted octanol–water partition coefficient (Wildman–Crippen LogP) is 1.29. The van der Waals surface area contributed by atoms with Crippen LogP contribution in [0.25, 0.3) is 5.69 Å². The van der Waals surface area contributed by atoms with E-state index in [0.717, 1.165) is 11.4 Å². The number of carbonyl (C=O) groups excluding carboxylic acids is 1. The van der Waals surface area contributed by atoms with Gasteiger partial charge in [0.25, 0.3) is 5.91 Å². The van der Waals surface area contributed by atoms with E-state index >= 15 is 0 Å². The number of aromatic nitrogens is 2. The number of hydrogen-bond donors (Lipinski definition) is 0. The Morgan fingerprint density at radius 1 is 1.08 bits per heavy atom. The van der Waals surface area contributed by atoms with Crippen molar-refractivity contribution in [1.82, 2.24) is 19.0 Å². The molecule has 7 nitrogen and oxygen atoms in total. The summed E-state index contributed by atoms with van der Waals surface area (Å²) in [6.07, 6.45) is 1.73. The molecule has 0 N–H and O–H groups in total. The standard InChI is InChI=1S/C17H22N4O3S/c1-3-25(23,24)20-12-10-19(11-13-20)17(22)15-4-6-16(7-5-15)21-14(2)8-9-18-21/h4-9H,3,10-13H2,1-2H3. The smallest absolute Gasteiger partial charge is 0.253 e. The number of piperazine rings is 1. The average molecular weight is 362 g/mol. The van der Waals surface area contributed by atoms with E-state index in [1.807, 2.05) is 29.8 Å². The molecule has 25 heavy (non-hydrogen) atoms. The van der Waals surface area contributed by atoms with Crippen molar-refractivity contribution in [2.24, 2.45) is 0 Å². The SMILES string of the molecule is CCS(=O)(=O)N1CCN(C(=O)c2ccc(-n3nccc3C)cc2)CC1. The van der Waals surface area contributed by atoms with Gasteiger partial charge >= 0.3 is 0 Å². The fourth-order valence-corrected chi connectivity index (χ4v) is 4.00. The van der Waals surface area contributed by atoms with Crippen molar-refractivity contribution >= 4 is 15.9 Å². The van der Waals surface area contributed by atoms with Crippen molar-refractivity contribution in [2.75, 3.05) is 31.9 Å². The highest BCUT2D eigenvalue weighted by Crippen LogP contribution is 2.15. The van der Waals surface area contributed by atoms with Gasteiger partial charge in [0.1, 0.15) is 0 Å². The summed E-state index contributed by atoms with van der Waals surface area (Å²) in [4.78, 5) is 14.3. The van der Waals surface area contributed by atoms with Crippen LogP contribution in [0.2, 0.25) is 0 Å². The van der Waals surface area contributed by atoms with Crippen molar-refractivity contribution in [2.45, 2.75) is 13.8 Å². The Hall–Kier alpha value is -2.19. The van der Waals surface area contributed by atoms with Crippen LogP contribution >= 0.6 is 0 Å². The number of amides is 1. The van der Waals surface area contributed by atoms with Crippen molar-refractivity contribution in [3.8, 4) is 5.69 Å². The predicted molar refractivity (Wildman–Crippen MR) is 95.2 cm³/mol. The van der Waals surface area contributed by atoms with E-state index in [0.29, 0.717) is 31.7 Å². The molecule has 8 heteroatoms. The van der Waals surface area contributed by atoms with Crippen LogP contribution in [-0.4, -0.2) is 65.2 Å². The fourth-order valence-electron chi connectivity index (χ4n) is 2.92. The minimum atomic E-state index is -3.18. The molecule has 0 unspecified atom stereocenters. The maximum absolute atomic E-state index is 12.6. The number of rotatable bonds is 4. The molecule has 134 valence electrons. The quantitative estimate of drug-likeness (QED) is 0.821. The summed E-state index contributed by atoms with van der Waals surface area (Å²) in [6, 6.07) is 9.22. The molecule has 0 bridgehead atoms. The Labute approximate surface area is 147 Å². The molecule has 1 aromatic heterocycles. The summed E-state index contributed by atoms with van der Waals surface area (Å²) in [7, 11) is -3.18. The summed E-state index contributed by atoms with van der Waals surface area (Å²) in [6.45, 7) is 5.14. The average Bonchev–Trinajstić information content (AvgIpc) is 3.07. The first-order valence-electron chi connectivity index (χ1n) is 8.30. The first-order valence-corrected chi connectivity index (χ1v) is 9.91. The molecule has 1 aliphatic heterocycles. The highest BCUT2D eigenvalue weighted by molar-refractivity contribution is 7.89. The molecule has 2 heterocycles. The van der Waals surface area contributed by atoms with Crippen LogP contribution in [0.5, 0.6) is 0 Å². The van der Waals surface area contributed by atoms with E-state index in [4.69, 9.17) is 0 Å². The second kappa shape index (κ2) is 6.97. The first-order chi connectivity index (χ1) is 11.9. The largest absolute Gasteiger partial charge is 0.336 e. The summed E-state index contributed by atoms with van der Waals surface area (Å²) in [5, 5.41) is 4.25. The van der Waals surface area contributed by atoms with Crippen molar-refractivity contribution in [3.05, 3.63) is 47.8 Å². The molecule has 0 spiro atoms. The van der Waals surface area contributed by atoms with E-state index in [1.54, 1.807) is 30.2 Å². The van der Waals surface area contributed by atoms with Crippen LogP contribution in [-0.2, 0) is 10.0 Å². The second-order valence-electron chi connectivity index (χ2n) is 6.02. The Morgan fingerprint density at radius 2 is 1.72 bits per heavy atom. The van der Waals surface area contributed by atoms with Gasteiger partial charge in [0.2, 0.25) is 10.0 Å². The number of hydrogen-bond acceptors (Lipinski definition) is 4. The van der Waals surface area contributed by atoms with E-state index in [-0.39, 0.29) is 11.7 Å². The van der Waals surface area contributed by atoms with E-state index in [1.165, 1.54) is 4.31 Å². The van der Waals surface area contributed by atoms with E-state index in [2.05, 4.69) is 5.10 Å². The van der Waals surface area contributed by atoms with Gasteiger partial charge in [-0.1, -0.05) is 0 Å². The lowest BCUT2D eigenvalue weighted by atomic mass is 10.1. The van der Waals surface area contributed by atoms with Gasteiger partial charge < -0.3 is 4.90 Å². The molecule has 1 aliphatic rings. The van der Waals surface area contributed by atoms with Gasteiger partial charge in [-0.15, -0.1) is 0 Å². The zero-order chi connectivity index (χ0) is 18.0. The van der Waals surface area contributed by atoms with Crippen LogP contribution in [0.4, 0.5) is 0 Å². The Kier molecular flexibility index (Phi) is 4.91. The van der Waals surface area contributed by atoms with E-state index < -0.39 is 10.0 Å². The van der Waals surface area contributed by atoms with Crippen LogP contribution in [0, 0.1) is 6.92 Å². The fraction of sp³-hybridized carbons (Fsp3) is 0.412. The Balaban J connectivity index is 1.67. The monoisotopic (exact) mass is 362 g/mol. The summed E-state index contributed by atoms with van der Waals surface area (Å²) >= 11 is 0. The van der Waals surface area contributed by atoms with Crippen LogP contribution in [0.3, 0.4) is 0 Å². The maximum Gasteiger partial charge on any atom is 0.253 e. The van der Waals surface area contributed by atoms with Crippen LogP contribution < -0.4 is 0 Å². The molecule has 0 atom stereocenters. The zero-order valence-electron chi connectivity index (χ0n) is 14.4. The zero-order valence-corrected chi connectivity index (χ0v) is 15.2. The molecule has 1 fully saturated rings. The number of nitrogens with zero attached hydrogens (tertiary/aromatic N) is 4. The van der Waals surface area contributed by atoms with Gasteiger partial charge in [0.05, 0.1) is 11.4 Å². The summed E-state index contributed by atoms with van der Waals surface area (Å²) < 4.78 is 27.1. The normalized spacial score (nSPS) is 16.2. The minimum Gasteiger partial charge on any atom is -0.336 e. The third-order valence-corrected chi connectivity index (χ3v) is 6.36. The van der Waals surface area contributed by atoms with Crippen molar-refractivity contribution in [1.29, 1.82) is 0 Å². The van der Waals surface area contributed by atoms with E-state index in [9.17, 15) is 13.2 Å². The first kappa shape index (κ1) is 17.6. The third-order valence-electron chi connectivity index (χ3n) is 4.47. The van der Waals surface area contributed by atoms with Crippen molar-refractivity contribution in [3.63, 3.8) is 0 Å². The number of benzene rings is 1. The lowest BCUT2D eigenvalue weighted by molar-refractivity contribution is 0.0698. The maximum atomic E-state index is 12.6. The van der Waals surface area contributed by atoms with Gasteiger partial charge in [-0.05, 0) is 44.2 Å². The highest BCUT2D eigenvalue weighted by atomic mass is 32.2. The third kappa shape index (κ3) is 3.59. The Bertz CT molecular complexity index is 850. The minimum absolute atomic E-state index is 0.0720. The van der Waals surface area contributed by atoms with Gasteiger partial charge in [-0.3, -0.25) is 4.79 Å². The highest BCUT2D eigenvalue weighted by Gasteiger charge is 2.28. The van der Waals surface area contributed by atoms with Gasteiger partial charge in [-0.2, -0.15) is 9.40 Å². The molecule has 1 aromatic carbocycles. The molecule has 1 saturated heterocycles. The molecule has 2 aromatic rings. The topological polar surface area (TPSA) is 75.5 Å². The number of aryl methyl sites for hydroxylation is 1. The van der Waals surface area contributed by atoms with Crippen LogP contribution in [0.15, 0.2) is 36.5 Å². The number of sulfonamides is 1. The molecule has 0 aliphatic carbocycles. The lowest BCUT2D eigenvalue weighted by Gasteiger charge is -2.33. The second-order valence-corrected chi connectivity index (χ2v) is 8.28. The number of carbonyl (C=O) groups is 1. The van der Waals surface area contributed by atoms with Gasteiger partial charge in [0, 0.05) is 43.6 Å². The van der Waals surface area contributed by atoms with Gasteiger partial charge in [-0.25, -0.2) is 13.1 Å². The summed E-state index contributed by atoms with van der Waals surface area (Å²) in [5.41, 5.74) is 2.52. The van der Waals surface area contributed by atoms with Crippen molar-refractivity contribution < 1.29 is 13.2 Å². The lowest BCUT2D eigenvalue weighted by Crippen LogP contribution is -2.50.